The fraction of sp³-hybridized carbons (Fsp3) is 0.294. The smallest absolute Gasteiger partial charge is 0.255 e. The Hall–Kier alpha value is -2.34. The molecule has 1 aromatic carbocycles. The number of carbonyl (C=O) groups is 1. The van der Waals surface area contributed by atoms with E-state index < -0.39 is 0 Å². The highest BCUT2D eigenvalue weighted by Gasteiger charge is 2.27. The molecule has 100 valence electrons. The molecule has 0 saturated heterocycles. The van der Waals surface area contributed by atoms with Gasteiger partial charge in [0.25, 0.3) is 5.91 Å². The number of aromatic nitrogens is 1. The number of hydrogen-bond acceptors (Lipinski definition) is 2. The van der Waals surface area contributed by atoms with Crippen molar-refractivity contribution >= 4 is 16.8 Å². The highest BCUT2D eigenvalue weighted by molar-refractivity contribution is 6.06. The average molecular weight is 264 g/mol. The molecule has 1 aliphatic carbocycles. The number of para-hydroxylation sites is 1. The molecule has 0 aliphatic heterocycles. The van der Waals surface area contributed by atoms with Crippen LogP contribution in [0.4, 0.5) is 0 Å². The molecule has 1 heterocycles. The van der Waals surface area contributed by atoms with Gasteiger partial charge in [0.2, 0.25) is 0 Å². The van der Waals surface area contributed by atoms with E-state index in [4.69, 9.17) is 6.42 Å². The lowest BCUT2D eigenvalue weighted by atomic mass is 10.1. The number of carbonyl (C=O) groups excluding carboxylic acids is 1. The molecule has 1 fully saturated rings. The predicted molar refractivity (Wildman–Crippen MR) is 79.2 cm³/mol. The van der Waals surface area contributed by atoms with Gasteiger partial charge in [-0.25, -0.2) is 0 Å². The second-order valence-electron chi connectivity index (χ2n) is 5.21. The van der Waals surface area contributed by atoms with Crippen molar-refractivity contribution in [2.24, 2.45) is 5.92 Å². The molecule has 3 rings (SSSR count). The number of rotatable bonds is 4. The van der Waals surface area contributed by atoms with E-state index in [0.29, 0.717) is 18.0 Å². The third-order valence-electron chi connectivity index (χ3n) is 3.62. The quantitative estimate of drug-likeness (QED) is 0.795. The van der Waals surface area contributed by atoms with Crippen molar-refractivity contribution in [3.63, 3.8) is 0 Å². The van der Waals surface area contributed by atoms with Gasteiger partial charge in [-0.2, -0.15) is 0 Å². The SMILES string of the molecule is C#CCN(CC1CC1)C(=O)c1ccnc2ccccc12. The van der Waals surface area contributed by atoms with Gasteiger partial charge < -0.3 is 4.90 Å². The minimum atomic E-state index is 0.00782. The largest absolute Gasteiger partial charge is 0.327 e. The Morgan fingerprint density at radius 3 is 2.90 bits per heavy atom. The summed E-state index contributed by atoms with van der Waals surface area (Å²) in [7, 11) is 0. The number of terminal acetylenes is 1. The Kier molecular flexibility index (Phi) is 3.39. The maximum Gasteiger partial charge on any atom is 0.255 e. The lowest BCUT2D eigenvalue weighted by Gasteiger charge is -2.20. The number of amides is 1. The molecular weight excluding hydrogens is 248 g/mol. The Bertz CT molecular complexity index is 677. The fourth-order valence-electron chi connectivity index (χ4n) is 2.39. The van der Waals surface area contributed by atoms with Gasteiger partial charge in [-0.15, -0.1) is 6.42 Å². The highest BCUT2D eigenvalue weighted by atomic mass is 16.2. The highest BCUT2D eigenvalue weighted by Crippen LogP contribution is 2.30. The van der Waals surface area contributed by atoms with Crippen LogP contribution in [0.3, 0.4) is 0 Å². The van der Waals surface area contributed by atoms with E-state index in [0.717, 1.165) is 17.4 Å². The Balaban J connectivity index is 1.95. The number of fused-ring (bicyclic) bond motifs is 1. The maximum absolute atomic E-state index is 12.7. The predicted octanol–water partition coefficient (Wildman–Crippen LogP) is 2.72. The van der Waals surface area contributed by atoms with E-state index in [2.05, 4.69) is 10.9 Å². The summed E-state index contributed by atoms with van der Waals surface area (Å²) in [5.74, 6) is 3.22. The molecule has 0 bridgehead atoms. The van der Waals surface area contributed by atoms with Crippen LogP contribution in [0.5, 0.6) is 0 Å². The van der Waals surface area contributed by atoms with Crippen LogP contribution < -0.4 is 0 Å². The molecule has 1 aliphatic rings. The van der Waals surface area contributed by atoms with Crippen LogP contribution in [0.2, 0.25) is 0 Å². The molecule has 2 aromatic rings. The first kappa shape index (κ1) is 12.7. The first-order chi connectivity index (χ1) is 9.79. The van der Waals surface area contributed by atoms with Crippen LogP contribution in [0.1, 0.15) is 23.2 Å². The zero-order chi connectivity index (χ0) is 13.9. The molecule has 0 spiro atoms. The van der Waals surface area contributed by atoms with Crippen LogP contribution >= 0.6 is 0 Å². The van der Waals surface area contributed by atoms with Crippen molar-refractivity contribution in [3.8, 4) is 12.3 Å². The van der Waals surface area contributed by atoms with Gasteiger partial charge in [-0.1, -0.05) is 24.1 Å². The second-order valence-corrected chi connectivity index (χ2v) is 5.21. The third-order valence-corrected chi connectivity index (χ3v) is 3.62. The Morgan fingerprint density at radius 2 is 2.15 bits per heavy atom. The second kappa shape index (κ2) is 5.34. The summed E-state index contributed by atoms with van der Waals surface area (Å²) in [6.07, 6.45) is 9.48. The molecule has 20 heavy (non-hydrogen) atoms. The van der Waals surface area contributed by atoms with Crippen LogP contribution in [0.15, 0.2) is 36.5 Å². The molecule has 3 heteroatoms. The monoisotopic (exact) mass is 264 g/mol. The minimum Gasteiger partial charge on any atom is -0.327 e. The van der Waals surface area contributed by atoms with E-state index >= 15 is 0 Å². The average Bonchev–Trinajstić information content (AvgIpc) is 3.29. The van der Waals surface area contributed by atoms with Gasteiger partial charge in [-0.05, 0) is 30.9 Å². The van der Waals surface area contributed by atoms with E-state index in [1.54, 1.807) is 17.2 Å². The Labute approximate surface area is 118 Å². The number of hydrogen-bond donors (Lipinski definition) is 0. The summed E-state index contributed by atoms with van der Waals surface area (Å²) < 4.78 is 0. The van der Waals surface area contributed by atoms with Crippen molar-refractivity contribution in [3.05, 3.63) is 42.1 Å². The van der Waals surface area contributed by atoms with Crippen molar-refractivity contribution in [2.75, 3.05) is 13.1 Å². The summed E-state index contributed by atoms with van der Waals surface area (Å²) in [6.45, 7) is 1.13. The zero-order valence-electron chi connectivity index (χ0n) is 11.2. The lowest BCUT2D eigenvalue weighted by Crippen LogP contribution is -2.33. The van der Waals surface area contributed by atoms with Gasteiger partial charge >= 0.3 is 0 Å². The standard InChI is InChI=1S/C17H16N2O/c1-2-11-19(12-13-7-8-13)17(20)15-9-10-18-16-6-4-3-5-14(15)16/h1,3-6,9-10,13H,7-8,11-12H2. The zero-order valence-corrected chi connectivity index (χ0v) is 11.2. The summed E-state index contributed by atoms with van der Waals surface area (Å²) in [5, 5.41) is 0.887. The number of benzene rings is 1. The van der Waals surface area contributed by atoms with Crippen LogP contribution in [-0.4, -0.2) is 28.9 Å². The molecular formula is C17H16N2O. The van der Waals surface area contributed by atoms with Crippen molar-refractivity contribution in [2.45, 2.75) is 12.8 Å². The normalized spacial score (nSPS) is 13.9. The lowest BCUT2D eigenvalue weighted by molar-refractivity contribution is 0.0771. The third kappa shape index (κ3) is 2.50. The molecule has 0 N–H and O–H groups in total. The summed E-state index contributed by atoms with van der Waals surface area (Å²) in [5.41, 5.74) is 1.52. The van der Waals surface area contributed by atoms with Crippen molar-refractivity contribution < 1.29 is 4.79 Å². The molecule has 3 nitrogen and oxygen atoms in total. The summed E-state index contributed by atoms with van der Waals surface area (Å²) in [6, 6.07) is 9.47. The Morgan fingerprint density at radius 1 is 1.35 bits per heavy atom. The molecule has 1 amide bonds. The van der Waals surface area contributed by atoms with Gasteiger partial charge in [0.05, 0.1) is 17.6 Å². The topological polar surface area (TPSA) is 33.2 Å². The molecule has 0 unspecified atom stereocenters. The van der Waals surface area contributed by atoms with Gasteiger partial charge in [-0.3, -0.25) is 9.78 Å². The van der Waals surface area contributed by atoms with Crippen LogP contribution in [0.25, 0.3) is 10.9 Å². The summed E-state index contributed by atoms with van der Waals surface area (Å²) >= 11 is 0. The molecule has 0 atom stereocenters. The van der Waals surface area contributed by atoms with Crippen LogP contribution in [-0.2, 0) is 0 Å². The van der Waals surface area contributed by atoms with E-state index in [9.17, 15) is 4.79 Å². The fourth-order valence-corrected chi connectivity index (χ4v) is 2.39. The van der Waals surface area contributed by atoms with Crippen molar-refractivity contribution in [1.29, 1.82) is 0 Å². The van der Waals surface area contributed by atoms with E-state index in [1.165, 1.54) is 12.8 Å². The first-order valence-corrected chi connectivity index (χ1v) is 6.86. The maximum atomic E-state index is 12.7. The van der Waals surface area contributed by atoms with Crippen LogP contribution in [0, 0.1) is 18.3 Å². The van der Waals surface area contributed by atoms with Crippen molar-refractivity contribution in [1.82, 2.24) is 9.88 Å². The van der Waals surface area contributed by atoms with E-state index in [-0.39, 0.29) is 5.91 Å². The minimum absolute atomic E-state index is 0.00782. The van der Waals surface area contributed by atoms with E-state index in [1.807, 2.05) is 24.3 Å². The summed E-state index contributed by atoms with van der Waals surface area (Å²) in [4.78, 5) is 18.8. The van der Waals surface area contributed by atoms with Gasteiger partial charge in [0, 0.05) is 18.1 Å². The number of pyridine rings is 1. The molecule has 0 radical (unpaired) electrons. The number of nitrogens with zero attached hydrogens (tertiary/aromatic N) is 2. The first-order valence-electron chi connectivity index (χ1n) is 6.86. The molecule has 1 aromatic heterocycles. The molecule has 1 saturated carbocycles. The van der Waals surface area contributed by atoms with Gasteiger partial charge in [0.15, 0.2) is 0 Å². The van der Waals surface area contributed by atoms with Gasteiger partial charge in [0.1, 0.15) is 0 Å².